The van der Waals surface area contributed by atoms with Gasteiger partial charge in [-0.05, 0) is 0 Å². The second-order valence-electron chi connectivity index (χ2n) is 3.73. The molecule has 18 heavy (non-hydrogen) atoms. The van der Waals surface area contributed by atoms with E-state index in [2.05, 4.69) is 20.1 Å². The fourth-order valence-electron chi connectivity index (χ4n) is 1.31. The molecule has 0 aliphatic carbocycles. The van der Waals surface area contributed by atoms with E-state index in [0.717, 1.165) is 0 Å². The van der Waals surface area contributed by atoms with E-state index < -0.39 is 35.8 Å². The van der Waals surface area contributed by atoms with Crippen LogP contribution in [0, 0.1) is 0 Å². The van der Waals surface area contributed by atoms with Crippen LogP contribution in [0.25, 0.3) is 0 Å². The van der Waals surface area contributed by atoms with Gasteiger partial charge in [-0.15, -0.1) is 0 Å². The first-order valence-corrected chi connectivity index (χ1v) is 5.27. The Labute approximate surface area is 103 Å². The normalized spacial score (nSPS) is 22.8. The number of ether oxygens (including phenoxy) is 2. The summed E-state index contributed by atoms with van der Waals surface area (Å²) >= 11 is 0. The van der Waals surface area contributed by atoms with Crippen LogP contribution in [0.1, 0.15) is 13.8 Å². The highest BCUT2D eigenvalue weighted by atomic mass is 16.5. The van der Waals surface area contributed by atoms with Crippen molar-refractivity contribution in [1.29, 1.82) is 0 Å². The summed E-state index contributed by atoms with van der Waals surface area (Å²) in [5.74, 6) is -2.07. The summed E-state index contributed by atoms with van der Waals surface area (Å²) in [5, 5.41) is 4.75. The van der Waals surface area contributed by atoms with Crippen molar-refractivity contribution in [3.63, 3.8) is 0 Å². The fraction of sp³-hybridized carbons (Fsp3) is 0.600. The lowest BCUT2D eigenvalue weighted by molar-refractivity contribution is -0.150. The summed E-state index contributed by atoms with van der Waals surface area (Å²) in [6.45, 7) is 1.94. The fourth-order valence-corrected chi connectivity index (χ4v) is 1.31. The predicted octanol–water partition coefficient (Wildman–Crippen LogP) is -1.90. The van der Waals surface area contributed by atoms with Crippen LogP contribution >= 0.6 is 0 Å². The monoisotopic (exact) mass is 258 g/mol. The molecule has 0 radical (unpaired) electrons. The zero-order chi connectivity index (χ0) is 13.7. The third kappa shape index (κ3) is 4.04. The van der Waals surface area contributed by atoms with Crippen LogP contribution in [0.2, 0.25) is 0 Å². The van der Waals surface area contributed by atoms with Crippen molar-refractivity contribution in [3.8, 4) is 0 Å². The lowest BCUT2D eigenvalue weighted by Gasteiger charge is -2.28. The molecule has 1 rings (SSSR count). The van der Waals surface area contributed by atoms with Crippen molar-refractivity contribution in [2.45, 2.75) is 25.9 Å². The second kappa shape index (κ2) is 5.99. The van der Waals surface area contributed by atoms with Crippen LogP contribution in [0.3, 0.4) is 0 Å². The molecule has 0 aromatic rings. The lowest BCUT2D eigenvalue weighted by Crippen LogP contribution is -2.64. The third-order valence-electron chi connectivity index (χ3n) is 2.17. The number of hydrogen-bond donors (Lipinski definition) is 2. The molecule has 0 spiro atoms. The largest absolute Gasteiger partial charge is 0.463 e. The molecular formula is C10H14N2O6. The summed E-state index contributed by atoms with van der Waals surface area (Å²) in [7, 11) is 0. The van der Waals surface area contributed by atoms with E-state index in [0.29, 0.717) is 0 Å². The van der Waals surface area contributed by atoms with Crippen LogP contribution in [0.4, 0.5) is 0 Å². The minimum atomic E-state index is -0.921. The number of esters is 2. The minimum absolute atomic E-state index is 0.229. The SMILES string of the molecule is CC(=O)OCC1NC(=O)C(COC(C)=O)NC1=O. The first kappa shape index (κ1) is 13.9. The molecule has 8 nitrogen and oxygen atoms in total. The number of rotatable bonds is 4. The standard InChI is InChI=1S/C10H14N2O6/c1-5(13)17-3-7-9(15)12-8(10(16)11-7)4-18-6(2)14/h7-8H,3-4H2,1-2H3,(H,11,16)(H,12,15). The Morgan fingerprint density at radius 1 is 0.944 bits per heavy atom. The molecule has 0 aromatic carbocycles. The van der Waals surface area contributed by atoms with Gasteiger partial charge in [0.2, 0.25) is 11.8 Å². The molecule has 2 N–H and O–H groups in total. The molecule has 1 aliphatic rings. The van der Waals surface area contributed by atoms with Gasteiger partial charge in [0.15, 0.2) is 0 Å². The highest BCUT2D eigenvalue weighted by Crippen LogP contribution is 1.99. The van der Waals surface area contributed by atoms with E-state index >= 15 is 0 Å². The summed E-state index contributed by atoms with van der Waals surface area (Å²) in [5.41, 5.74) is 0. The van der Waals surface area contributed by atoms with Gasteiger partial charge in [0.05, 0.1) is 0 Å². The molecule has 0 bridgehead atoms. The maximum absolute atomic E-state index is 11.5. The number of piperazine rings is 1. The van der Waals surface area contributed by atoms with Crippen LogP contribution in [0.15, 0.2) is 0 Å². The first-order chi connectivity index (χ1) is 8.40. The Morgan fingerprint density at radius 3 is 1.56 bits per heavy atom. The van der Waals surface area contributed by atoms with Crippen molar-refractivity contribution in [2.75, 3.05) is 13.2 Å². The van der Waals surface area contributed by atoms with Crippen LogP contribution in [0.5, 0.6) is 0 Å². The summed E-state index contributed by atoms with van der Waals surface area (Å²) in [6.07, 6.45) is 0. The summed E-state index contributed by atoms with van der Waals surface area (Å²) < 4.78 is 9.27. The van der Waals surface area contributed by atoms with E-state index in [1.54, 1.807) is 0 Å². The van der Waals surface area contributed by atoms with Crippen molar-refractivity contribution < 1.29 is 28.7 Å². The zero-order valence-corrected chi connectivity index (χ0v) is 10.0. The van der Waals surface area contributed by atoms with Crippen LogP contribution < -0.4 is 10.6 Å². The third-order valence-corrected chi connectivity index (χ3v) is 2.17. The Morgan fingerprint density at radius 2 is 1.28 bits per heavy atom. The maximum Gasteiger partial charge on any atom is 0.302 e. The number of amides is 2. The van der Waals surface area contributed by atoms with Gasteiger partial charge in [0.25, 0.3) is 0 Å². The van der Waals surface area contributed by atoms with E-state index in [9.17, 15) is 19.2 Å². The molecule has 1 heterocycles. The molecule has 0 aromatic heterocycles. The molecule has 100 valence electrons. The number of hydrogen-bond acceptors (Lipinski definition) is 6. The Bertz CT molecular complexity index is 345. The van der Waals surface area contributed by atoms with E-state index in [1.165, 1.54) is 13.8 Å². The molecular weight excluding hydrogens is 244 g/mol. The number of nitrogens with one attached hydrogen (secondary N) is 2. The second-order valence-corrected chi connectivity index (χ2v) is 3.73. The molecule has 2 unspecified atom stereocenters. The zero-order valence-electron chi connectivity index (χ0n) is 10.0. The highest BCUT2D eigenvalue weighted by molar-refractivity contribution is 5.97. The van der Waals surface area contributed by atoms with Crippen molar-refractivity contribution in [2.24, 2.45) is 0 Å². The molecule has 1 fully saturated rings. The number of carbonyl (C=O) groups excluding carboxylic acids is 4. The van der Waals surface area contributed by atoms with E-state index in [-0.39, 0.29) is 13.2 Å². The van der Waals surface area contributed by atoms with Gasteiger partial charge in [-0.3, -0.25) is 19.2 Å². The van der Waals surface area contributed by atoms with Crippen molar-refractivity contribution in [3.05, 3.63) is 0 Å². The topological polar surface area (TPSA) is 111 Å². The van der Waals surface area contributed by atoms with Crippen molar-refractivity contribution in [1.82, 2.24) is 10.6 Å². The Balaban J connectivity index is 2.48. The van der Waals surface area contributed by atoms with E-state index in [1.807, 2.05) is 0 Å². The molecule has 8 heteroatoms. The Hall–Kier alpha value is -2.12. The van der Waals surface area contributed by atoms with Gasteiger partial charge in [-0.2, -0.15) is 0 Å². The van der Waals surface area contributed by atoms with E-state index in [4.69, 9.17) is 0 Å². The smallest absolute Gasteiger partial charge is 0.302 e. The van der Waals surface area contributed by atoms with Crippen molar-refractivity contribution >= 4 is 23.8 Å². The van der Waals surface area contributed by atoms with Gasteiger partial charge in [-0.1, -0.05) is 0 Å². The van der Waals surface area contributed by atoms with Crippen LogP contribution in [-0.4, -0.2) is 49.1 Å². The quantitative estimate of drug-likeness (QED) is 0.569. The highest BCUT2D eigenvalue weighted by Gasteiger charge is 2.34. The van der Waals surface area contributed by atoms with Gasteiger partial charge >= 0.3 is 11.9 Å². The van der Waals surface area contributed by atoms with Crippen LogP contribution in [-0.2, 0) is 28.7 Å². The van der Waals surface area contributed by atoms with Gasteiger partial charge < -0.3 is 20.1 Å². The molecule has 0 saturated carbocycles. The average Bonchev–Trinajstić information content (AvgIpc) is 2.27. The lowest BCUT2D eigenvalue weighted by atomic mass is 10.1. The molecule has 1 saturated heterocycles. The summed E-state index contributed by atoms with van der Waals surface area (Å²) in [6, 6.07) is -1.84. The summed E-state index contributed by atoms with van der Waals surface area (Å²) in [4.78, 5) is 44.3. The molecule has 2 amide bonds. The number of carbonyl (C=O) groups is 4. The minimum Gasteiger partial charge on any atom is -0.463 e. The van der Waals surface area contributed by atoms with Gasteiger partial charge in [0.1, 0.15) is 25.3 Å². The van der Waals surface area contributed by atoms with Gasteiger partial charge in [0, 0.05) is 13.8 Å². The van der Waals surface area contributed by atoms with Gasteiger partial charge in [-0.25, -0.2) is 0 Å². The predicted molar refractivity (Wildman–Crippen MR) is 57.1 cm³/mol. The molecule has 2 atom stereocenters. The molecule has 1 aliphatic heterocycles. The Kier molecular flexibility index (Phi) is 4.64. The first-order valence-electron chi connectivity index (χ1n) is 5.27. The average molecular weight is 258 g/mol. The maximum atomic E-state index is 11.5.